The molecule has 20 heavy (non-hydrogen) atoms. The molecule has 5 heteroatoms. The van der Waals surface area contributed by atoms with E-state index in [9.17, 15) is 4.79 Å². The van der Waals surface area contributed by atoms with Gasteiger partial charge < -0.3 is 9.84 Å². The van der Waals surface area contributed by atoms with Gasteiger partial charge >= 0.3 is 5.97 Å². The van der Waals surface area contributed by atoms with E-state index in [1.54, 1.807) is 6.07 Å². The molecule has 2 rings (SSSR count). The maximum absolute atomic E-state index is 10.8. The van der Waals surface area contributed by atoms with Gasteiger partial charge in [0.25, 0.3) is 0 Å². The normalized spacial score (nSPS) is 10.5. The molecular weight excluding hydrogens is 344 g/mol. The lowest BCUT2D eigenvalue weighted by molar-refractivity contribution is 0.0696. The fourth-order valence-corrected chi connectivity index (χ4v) is 2.32. The standard InChI is InChI=1S/C15H12BrClO3/c16-13-4-2-1-3-11(13)8-20-9-12-6-5-10(15(18)19)7-14(12)17/h1-7H,8-9H2,(H,18,19). The van der Waals surface area contributed by atoms with Crippen molar-refractivity contribution in [3.63, 3.8) is 0 Å². The smallest absolute Gasteiger partial charge is 0.335 e. The molecule has 0 unspecified atom stereocenters. The van der Waals surface area contributed by atoms with Gasteiger partial charge in [0.15, 0.2) is 0 Å². The first-order valence-electron chi connectivity index (χ1n) is 5.91. The fraction of sp³-hybridized carbons (Fsp3) is 0.133. The van der Waals surface area contributed by atoms with Gasteiger partial charge in [-0.1, -0.05) is 51.8 Å². The zero-order chi connectivity index (χ0) is 14.5. The van der Waals surface area contributed by atoms with Crippen molar-refractivity contribution in [1.29, 1.82) is 0 Å². The lowest BCUT2D eigenvalue weighted by Crippen LogP contribution is -1.99. The fourth-order valence-electron chi connectivity index (χ4n) is 1.68. The Balaban J connectivity index is 1.98. The van der Waals surface area contributed by atoms with Gasteiger partial charge in [-0.25, -0.2) is 4.79 Å². The van der Waals surface area contributed by atoms with Crippen LogP contribution < -0.4 is 0 Å². The van der Waals surface area contributed by atoms with Crippen LogP contribution >= 0.6 is 27.5 Å². The summed E-state index contributed by atoms with van der Waals surface area (Å²) < 4.78 is 6.60. The van der Waals surface area contributed by atoms with Gasteiger partial charge in [-0.15, -0.1) is 0 Å². The second kappa shape index (κ2) is 6.88. The van der Waals surface area contributed by atoms with Crippen LogP contribution in [0.2, 0.25) is 5.02 Å². The first-order valence-corrected chi connectivity index (χ1v) is 7.08. The van der Waals surface area contributed by atoms with E-state index in [1.807, 2.05) is 24.3 Å². The number of ether oxygens (including phenoxy) is 1. The largest absolute Gasteiger partial charge is 0.478 e. The van der Waals surface area contributed by atoms with Crippen molar-refractivity contribution in [1.82, 2.24) is 0 Å². The summed E-state index contributed by atoms with van der Waals surface area (Å²) in [5.41, 5.74) is 1.99. The summed E-state index contributed by atoms with van der Waals surface area (Å²) in [6.07, 6.45) is 0. The number of hydrogen-bond acceptors (Lipinski definition) is 2. The van der Waals surface area contributed by atoms with Crippen molar-refractivity contribution in [3.8, 4) is 0 Å². The first-order chi connectivity index (χ1) is 9.58. The third-order valence-corrected chi connectivity index (χ3v) is 3.90. The van der Waals surface area contributed by atoms with E-state index in [0.29, 0.717) is 18.2 Å². The minimum Gasteiger partial charge on any atom is -0.478 e. The number of aromatic carboxylic acids is 1. The van der Waals surface area contributed by atoms with Crippen molar-refractivity contribution in [2.24, 2.45) is 0 Å². The zero-order valence-corrected chi connectivity index (χ0v) is 12.8. The van der Waals surface area contributed by atoms with Crippen LogP contribution in [0, 0.1) is 0 Å². The molecule has 0 saturated carbocycles. The average Bonchev–Trinajstić information content (AvgIpc) is 2.42. The highest BCUT2D eigenvalue weighted by Crippen LogP contribution is 2.21. The van der Waals surface area contributed by atoms with E-state index in [1.165, 1.54) is 12.1 Å². The molecule has 0 atom stereocenters. The van der Waals surface area contributed by atoms with Crippen LogP contribution in [-0.4, -0.2) is 11.1 Å². The molecule has 0 amide bonds. The first kappa shape index (κ1) is 15.0. The van der Waals surface area contributed by atoms with Gasteiger partial charge in [0, 0.05) is 9.50 Å². The summed E-state index contributed by atoms with van der Waals surface area (Å²) in [6, 6.07) is 12.4. The zero-order valence-electron chi connectivity index (χ0n) is 10.5. The minimum atomic E-state index is -0.993. The monoisotopic (exact) mass is 354 g/mol. The number of rotatable bonds is 5. The molecule has 0 aliphatic carbocycles. The molecule has 2 aromatic rings. The summed E-state index contributed by atoms with van der Waals surface area (Å²) in [7, 11) is 0. The van der Waals surface area contributed by atoms with Crippen LogP contribution in [0.15, 0.2) is 46.9 Å². The highest BCUT2D eigenvalue weighted by molar-refractivity contribution is 9.10. The summed E-state index contributed by atoms with van der Waals surface area (Å²) in [6.45, 7) is 0.790. The predicted molar refractivity (Wildman–Crippen MR) is 81.0 cm³/mol. The van der Waals surface area contributed by atoms with Gasteiger partial charge in [-0.3, -0.25) is 0 Å². The highest BCUT2D eigenvalue weighted by atomic mass is 79.9. The van der Waals surface area contributed by atoms with Crippen molar-refractivity contribution in [2.75, 3.05) is 0 Å². The highest BCUT2D eigenvalue weighted by Gasteiger charge is 2.07. The van der Waals surface area contributed by atoms with E-state index in [0.717, 1.165) is 15.6 Å². The number of hydrogen-bond donors (Lipinski definition) is 1. The Hall–Kier alpha value is -1.36. The lowest BCUT2D eigenvalue weighted by atomic mass is 10.1. The summed E-state index contributed by atoms with van der Waals surface area (Å²) in [4.78, 5) is 10.8. The predicted octanol–water partition coefficient (Wildman–Crippen LogP) is 4.52. The molecule has 1 N–H and O–H groups in total. The lowest BCUT2D eigenvalue weighted by Gasteiger charge is -2.08. The number of benzene rings is 2. The van der Waals surface area contributed by atoms with Crippen LogP contribution in [0.1, 0.15) is 21.5 Å². The molecule has 0 radical (unpaired) electrons. The van der Waals surface area contributed by atoms with Crippen molar-refractivity contribution in [2.45, 2.75) is 13.2 Å². The van der Waals surface area contributed by atoms with Gasteiger partial charge in [-0.2, -0.15) is 0 Å². The molecule has 0 heterocycles. The molecular formula is C15H12BrClO3. The summed E-state index contributed by atoms with van der Waals surface area (Å²) in [5.74, 6) is -0.993. The molecule has 0 aromatic heterocycles. The Kier molecular flexibility index (Phi) is 5.17. The quantitative estimate of drug-likeness (QED) is 0.858. The Morgan fingerprint density at radius 2 is 1.85 bits per heavy atom. The molecule has 2 aromatic carbocycles. The number of carbonyl (C=O) groups is 1. The Labute approximate surface area is 130 Å². The average molecular weight is 356 g/mol. The minimum absolute atomic E-state index is 0.171. The van der Waals surface area contributed by atoms with Crippen LogP contribution in [-0.2, 0) is 18.0 Å². The van der Waals surface area contributed by atoms with Gasteiger partial charge in [0.2, 0.25) is 0 Å². The van der Waals surface area contributed by atoms with E-state index < -0.39 is 5.97 Å². The van der Waals surface area contributed by atoms with Crippen molar-refractivity contribution >= 4 is 33.5 Å². The third-order valence-electron chi connectivity index (χ3n) is 2.77. The van der Waals surface area contributed by atoms with E-state index >= 15 is 0 Å². The third kappa shape index (κ3) is 3.82. The van der Waals surface area contributed by atoms with E-state index in [4.69, 9.17) is 21.4 Å². The molecule has 0 aliphatic heterocycles. The van der Waals surface area contributed by atoms with E-state index in [-0.39, 0.29) is 5.56 Å². The summed E-state index contributed by atoms with van der Waals surface area (Å²) >= 11 is 9.49. The number of carboxylic acid groups (broad SMARTS) is 1. The van der Waals surface area contributed by atoms with Crippen molar-refractivity contribution in [3.05, 3.63) is 68.7 Å². The van der Waals surface area contributed by atoms with Crippen LogP contribution in [0.4, 0.5) is 0 Å². The van der Waals surface area contributed by atoms with Crippen LogP contribution in [0.3, 0.4) is 0 Å². The second-order valence-corrected chi connectivity index (χ2v) is 5.46. The van der Waals surface area contributed by atoms with Crippen LogP contribution in [0.5, 0.6) is 0 Å². The molecule has 0 bridgehead atoms. The number of carboxylic acids is 1. The Morgan fingerprint density at radius 3 is 2.50 bits per heavy atom. The molecule has 0 fully saturated rings. The number of halogens is 2. The SMILES string of the molecule is O=C(O)c1ccc(COCc2ccccc2Br)c(Cl)c1. The van der Waals surface area contributed by atoms with Crippen LogP contribution in [0.25, 0.3) is 0 Å². The molecule has 0 spiro atoms. The molecule has 0 aliphatic rings. The molecule has 104 valence electrons. The molecule has 3 nitrogen and oxygen atoms in total. The van der Waals surface area contributed by atoms with Gasteiger partial charge in [-0.05, 0) is 29.3 Å². The van der Waals surface area contributed by atoms with E-state index in [2.05, 4.69) is 15.9 Å². The van der Waals surface area contributed by atoms with Gasteiger partial charge in [0.1, 0.15) is 0 Å². The Bertz CT molecular complexity index is 628. The second-order valence-electron chi connectivity index (χ2n) is 4.20. The maximum atomic E-state index is 10.8. The summed E-state index contributed by atoms with van der Waals surface area (Å²) in [5, 5.41) is 9.26. The molecule has 0 saturated heterocycles. The Morgan fingerprint density at radius 1 is 1.15 bits per heavy atom. The van der Waals surface area contributed by atoms with Crippen molar-refractivity contribution < 1.29 is 14.6 Å². The van der Waals surface area contributed by atoms with Gasteiger partial charge in [0.05, 0.1) is 18.8 Å². The topological polar surface area (TPSA) is 46.5 Å². The maximum Gasteiger partial charge on any atom is 0.335 e.